The molecule has 0 aromatic heterocycles. The topological polar surface area (TPSA) is 63.4 Å². The first kappa shape index (κ1) is 23.1. The van der Waals surface area contributed by atoms with Crippen molar-refractivity contribution in [2.24, 2.45) is 5.73 Å². The van der Waals surface area contributed by atoms with Crippen LogP contribution in [0, 0.1) is 0 Å². The van der Waals surface area contributed by atoms with Gasteiger partial charge in [0.15, 0.2) is 0 Å². The molecule has 0 radical (unpaired) electrons. The number of rotatable bonds is 18. The van der Waals surface area contributed by atoms with Gasteiger partial charge in [-0.3, -0.25) is 14.5 Å². The summed E-state index contributed by atoms with van der Waals surface area (Å²) in [5, 5.41) is 0. The van der Waals surface area contributed by atoms with Gasteiger partial charge in [-0.2, -0.15) is 0 Å². The van der Waals surface area contributed by atoms with E-state index in [0.29, 0.717) is 19.4 Å². The first-order chi connectivity index (χ1) is 12.8. The fourth-order valence-electron chi connectivity index (χ4n) is 3.76. The molecule has 1 saturated heterocycles. The van der Waals surface area contributed by atoms with Gasteiger partial charge in [0.05, 0.1) is 0 Å². The van der Waals surface area contributed by atoms with Gasteiger partial charge in [0.25, 0.3) is 0 Å². The fourth-order valence-corrected chi connectivity index (χ4v) is 3.76. The third kappa shape index (κ3) is 11.7. The maximum Gasteiger partial charge on any atom is 0.229 e. The Hall–Kier alpha value is -0.900. The first-order valence-corrected chi connectivity index (χ1v) is 11.3. The molecule has 1 fully saturated rings. The zero-order valence-corrected chi connectivity index (χ0v) is 17.0. The number of imide groups is 1. The molecule has 1 aliphatic rings. The molecule has 2 amide bonds. The van der Waals surface area contributed by atoms with E-state index in [4.69, 9.17) is 5.73 Å². The molecule has 1 heterocycles. The molecule has 0 aromatic carbocycles. The van der Waals surface area contributed by atoms with Crippen LogP contribution in [0.5, 0.6) is 0 Å². The molecule has 1 rings (SSSR count). The van der Waals surface area contributed by atoms with Gasteiger partial charge in [-0.05, 0) is 19.4 Å². The summed E-state index contributed by atoms with van der Waals surface area (Å²) in [6.45, 7) is 1.49. The van der Waals surface area contributed by atoms with Crippen LogP contribution >= 0.6 is 0 Å². The van der Waals surface area contributed by atoms with Crippen LogP contribution in [0.3, 0.4) is 0 Å². The number of nitrogens with two attached hydrogens (primary N) is 1. The van der Waals surface area contributed by atoms with Gasteiger partial charge >= 0.3 is 0 Å². The second-order valence-electron chi connectivity index (χ2n) is 7.88. The number of unbranched alkanes of at least 4 members (excludes halogenated alkanes) is 15. The van der Waals surface area contributed by atoms with E-state index in [1.165, 1.54) is 94.8 Å². The molecule has 0 spiro atoms. The van der Waals surface area contributed by atoms with Gasteiger partial charge in [-0.1, -0.05) is 89.9 Å². The van der Waals surface area contributed by atoms with Crippen molar-refractivity contribution in [1.29, 1.82) is 0 Å². The van der Waals surface area contributed by atoms with Crippen LogP contribution in [-0.4, -0.2) is 29.8 Å². The van der Waals surface area contributed by atoms with Crippen LogP contribution < -0.4 is 5.73 Å². The van der Waals surface area contributed by atoms with Crippen molar-refractivity contribution in [3.8, 4) is 0 Å². The van der Waals surface area contributed by atoms with Gasteiger partial charge in [0.1, 0.15) is 0 Å². The standard InChI is InChI=1S/C22H42N2O2/c23-19-15-13-11-9-7-5-3-1-2-4-6-8-10-12-14-16-20-24-21(25)17-18-22(24)26/h1-20,23H2. The highest BCUT2D eigenvalue weighted by molar-refractivity contribution is 6.01. The van der Waals surface area contributed by atoms with Crippen LogP contribution in [0.1, 0.15) is 116 Å². The predicted molar refractivity (Wildman–Crippen MR) is 109 cm³/mol. The van der Waals surface area contributed by atoms with E-state index >= 15 is 0 Å². The van der Waals surface area contributed by atoms with Crippen LogP contribution in [0.4, 0.5) is 0 Å². The average molecular weight is 367 g/mol. The number of carbonyl (C=O) groups excluding carboxylic acids is 2. The SMILES string of the molecule is NCCCCCCCCCCCCCCCCCCN1C(=O)CCC1=O. The molecule has 0 bridgehead atoms. The Balaban J connectivity index is 1.72. The van der Waals surface area contributed by atoms with E-state index in [9.17, 15) is 9.59 Å². The van der Waals surface area contributed by atoms with Crippen molar-refractivity contribution in [1.82, 2.24) is 4.90 Å². The van der Waals surface area contributed by atoms with Gasteiger partial charge in [-0.25, -0.2) is 0 Å². The molecule has 152 valence electrons. The molecule has 0 aromatic rings. The van der Waals surface area contributed by atoms with Crippen LogP contribution in [0.15, 0.2) is 0 Å². The molecule has 1 aliphatic heterocycles. The highest BCUT2D eigenvalue weighted by Gasteiger charge is 2.27. The Morgan fingerprint density at radius 2 is 0.846 bits per heavy atom. The Morgan fingerprint density at radius 1 is 0.538 bits per heavy atom. The Morgan fingerprint density at radius 3 is 1.19 bits per heavy atom. The second kappa shape index (κ2) is 16.3. The van der Waals surface area contributed by atoms with E-state index in [0.717, 1.165) is 19.4 Å². The fraction of sp³-hybridized carbons (Fsp3) is 0.909. The Labute approximate surface area is 161 Å². The summed E-state index contributed by atoms with van der Waals surface area (Å²) in [7, 11) is 0. The Bertz CT molecular complexity index is 355. The quantitative estimate of drug-likeness (QED) is 0.263. The van der Waals surface area contributed by atoms with Crippen molar-refractivity contribution in [2.45, 2.75) is 116 Å². The minimum atomic E-state index is 0.0293. The van der Waals surface area contributed by atoms with E-state index in [-0.39, 0.29) is 11.8 Å². The first-order valence-electron chi connectivity index (χ1n) is 11.3. The molecule has 0 saturated carbocycles. The third-order valence-corrected chi connectivity index (χ3v) is 5.49. The van der Waals surface area contributed by atoms with Gasteiger partial charge in [-0.15, -0.1) is 0 Å². The summed E-state index contributed by atoms with van der Waals surface area (Å²) in [6.07, 6.45) is 21.9. The third-order valence-electron chi connectivity index (χ3n) is 5.49. The van der Waals surface area contributed by atoms with Gasteiger partial charge in [0.2, 0.25) is 11.8 Å². The number of hydrogen-bond donors (Lipinski definition) is 1. The lowest BCUT2D eigenvalue weighted by Gasteiger charge is -2.13. The molecular formula is C22H42N2O2. The molecule has 4 heteroatoms. The summed E-state index contributed by atoms with van der Waals surface area (Å²) >= 11 is 0. The largest absolute Gasteiger partial charge is 0.330 e. The molecule has 4 nitrogen and oxygen atoms in total. The molecule has 0 aliphatic carbocycles. The van der Waals surface area contributed by atoms with E-state index in [1.54, 1.807) is 0 Å². The monoisotopic (exact) mass is 366 g/mol. The molecular weight excluding hydrogens is 324 g/mol. The lowest BCUT2D eigenvalue weighted by atomic mass is 10.0. The van der Waals surface area contributed by atoms with Crippen LogP contribution in [0.25, 0.3) is 0 Å². The molecule has 26 heavy (non-hydrogen) atoms. The number of nitrogens with zero attached hydrogens (tertiary/aromatic N) is 1. The number of amides is 2. The zero-order chi connectivity index (χ0) is 18.9. The summed E-state index contributed by atoms with van der Waals surface area (Å²) in [5.41, 5.74) is 5.50. The minimum absolute atomic E-state index is 0.0293. The Kier molecular flexibility index (Phi) is 14.5. The van der Waals surface area contributed by atoms with Crippen molar-refractivity contribution in [3.63, 3.8) is 0 Å². The smallest absolute Gasteiger partial charge is 0.229 e. The highest BCUT2D eigenvalue weighted by Crippen LogP contribution is 2.15. The predicted octanol–water partition coefficient (Wildman–Crippen LogP) is 5.34. The van der Waals surface area contributed by atoms with Crippen molar-refractivity contribution < 1.29 is 9.59 Å². The van der Waals surface area contributed by atoms with E-state index < -0.39 is 0 Å². The second-order valence-corrected chi connectivity index (χ2v) is 7.88. The van der Waals surface area contributed by atoms with Crippen molar-refractivity contribution in [2.75, 3.05) is 13.1 Å². The number of hydrogen-bond acceptors (Lipinski definition) is 3. The molecule has 0 atom stereocenters. The van der Waals surface area contributed by atoms with E-state index in [1.807, 2.05) is 0 Å². The van der Waals surface area contributed by atoms with Crippen LogP contribution in [-0.2, 0) is 9.59 Å². The highest BCUT2D eigenvalue weighted by atomic mass is 16.2. The van der Waals surface area contributed by atoms with Crippen molar-refractivity contribution >= 4 is 11.8 Å². The number of likely N-dealkylation sites (tertiary alicyclic amines) is 1. The maximum atomic E-state index is 11.5. The lowest BCUT2D eigenvalue weighted by Crippen LogP contribution is -2.29. The zero-order valence-electron chi connectivity index (χ0n) is 17.0. The normalized spacial score (nSPS) is 14.6. The molecule has 0 unspecified atom stereocenters. The number of carbonyl (C=O) groups is 2. The summed E-state index contributed by atoms with van der Waals surface area (Å²) in [6, 6.07) is 0. The maximum absolute atomic E-state index is 11.5. The van der Waals surface area contributed by atoms with Crippen LogP contribution in [0.2, 0.25) is 0 Å². The summed E-state index contributed by atoms with van der Waals surface area (Å²) < 4.78 is 0. The lowest BCUT2D eigenvalue weighted by molar-refractivity contribution is -0.138. The van der Waals surface area contributed by atoms with Gasteiger partial charge < -0.3 is 5.73 Å². The summed E-state index contributed by atoms with van der Waals surface area (Å²) in [4.78, 5) is 24.4. The molecule has 2 N–H and O–H groups in total. The van der Waals surface area contributed by atoms with Gasteiger partial charge in [0, 0.05) is 19.4 Å². The van der Waals surface area contributed by atoms with E-state index in [2.05, 4.69) is 0 Å². The summed E-state index contributed by atoms with van der Waals surface area (Å²) in [5.74, 6) is 0.0585. The average Bonchev–Trinajstić information content (AvgIpc) is 2.96. The van der Waals surface area contributed by atoms with Crippen molar-refractivity contribution in [3.05, 3.63) is 0 Å². The minimum Gasteiger partial charge on any atom is -0.330 e.